The van der Waals surface area contributed by atoms with Crippen molar-refractivity contribution in [3.8, 4) is 5.75 Å². The standard InChI is InChI=1S/C12H16N4O/c1-8-6-10(4-5-11(8)13)17-7-12-15-14-9(2)16(12)3/h4-6H,7,13H2,1-3H3. The first-order chi connectivity index (χ1) is 8.08. The van der Waals surface area contributed by atoms with E-state index in [0.717, 1.165) is 28.6 Å². The number of hydrogen-bond acceptors (Lipinski definition) is 4. The van der Waals surface area contributed by atoms with Crippen molar-refractivity contribution in [3.63, 3.8) is 0 Å². The van der Waals surface area contributed by atoms with Gasteiger partial charge in [-0.25, -0.2) is 0 Å². The van der Waals surface area contributed by atoms with E-state index in [1.165, 1.54) is 0 Å². The molecule has 0 aliphatic carbocycles. The highest BCUT2D eigenvalue weighted by Crippen LogP contribution is 2.19. The van der Waals surface area contributed by atoms with Crippen LogP contribution in [0.4, 0.5) is 5.69 Å². The maximum atomic E-state index is 5.74. The van der Waals surface area contributed by atoms with E-state index < -0.39 is 0 Å². The molecule has 0 spiro atoms. The third-order valence-corrected chi connectivity index (χ3v) is 2.79. The van der Waals surface area contributed by atoms with E-state index in [1.54, 1.807) is 0 Å². The Balaban J connectivity index is 2.07. The lowest BCUT2D eigenvalue weighted by Crippen LogP contribution is -2.04. The summed E-state index contributed by atoms with van der Waals surface area (Å²) in [6.07, 6.45) is 0. The van der Waals surface area contributed by atoms with E-state index in [4.69, 9.17) is 10.5 Å². The second kappa shape index (κ2) is 4.45. The molecule has 0 fully saturated rings. The molecular weight excluding hydrogens is 216 g/mol. The largest absolute Gasteiger partial charge is 0.486 e. The van der Waals surface area contributed by atoms with Crippen LogP contribution in [0, 0.1) is 13.8 Å². The summed E-state index contributed by atoms with van der Waals surface area (Å²) in [5.74, 6) is 2.46. The number of ether oxygens (including phenoxy) is 1. The molecule has 0 radical (unpaired) electrons. The summed E-state index contributed by atoms with van der Waals surface area (Å²) in [5, 5.41) is 8.01. The van der Waals surface area contributed by atoms with E-state index in [2.05, 4.69) is 10.2 Å². The summed E-state index contributed by atoms with van der Waals surface area (Å²) in [6.45, 7) is 4.26. The third kappa shape index (κ3) is 2.38. The lowest BCUT2D eigenvalue weighted by molar-refractivity contribution is 0.291. The summed E-state index contributed by atoms with van der Waals surface area (Å²) in [7, 11) is 1.92. The maximum absolute atomic E-state index is 5.74. The third-order valence-electron chi connectivity index (χ3n) is 2.79. The van der Waals surface area contributed by atoms with Crippen molar-refractivity contribution in [1.29, 1.82) is 0 Å². The fourth-order valence-electron chi connectivity index (χ4n) is 1.46. The molecular formula is C12H16N4O. The summed E-state index contributed by atoms with van der Waals surface area (Å²) in [4.78, 5) is 0. The van der Waals surface area contributed by atoms with Crippen LogP contribution in [0.15, 0.2) is 18.2 Å². The van der Waals surface area contributed by atoms with Crippen LogP contribution in [0.25, 0.3) is 0 Å². The van der Waals surface area contributed by atoms with Gasteiger partial charge in [0.25, 0.3) is 0 Å². The Bertz CT molecular complexity index is 533. The van der Waals surface area contributed by atoms with Gasteiger partial charge >= 0.3 is 0 Å². The zero-order valence-corrected chi connectivity index (χ0v) is 10.3. The Hall–Kier alpha value is -2.04. The van der Waals surface area contributed by atoms with Crippen LogP contribution in [-0.2, 0) is 13.7 Å². The number of aromatic nitrogens is 3. The molecule has 2 N–H and O–H groups in total. The maximum Gasteiger partial charge on any atom is 0.170 e. The molecule has 0 saturated carbocycles. The molecule has 1 heterocycles. The summed E-state index contributed by atoms with van der Waals surface area (Å²) in [6, 6.07) is 5.61. The minimum absolute atomic E-state index is 0.403. The fraction of sp³-hybridized carbons (Fsp3) is 0.333. The van der Waals surface area contributed by atoms with E-state index in [9.17, 15) is 0 Å². The molecule has 1 aromatic carbocycles. The molecule has 0 saturated heterocycles. The van der Waals surface area contributed by atoms with Gasteiger partial charge in [0.2, 0.25) is 0 Å². The zero-order chi connectivity index (χ0) is 12.4. The highest BCUT2D eigenvalue weighted by Gasteiger charge is 2.05. The lowest BCUT2D eigenvalue weighted by atomic mass is 10.2. The average Bonchev–Trinajstić information content (AvgIpc) is 2.62. The predicted molar refractivity (Wildman–Crippen MR) is 65.7 cm³/mol. The van der Waals surface area contributed by atoms with Crippen LogP contribution in [0.5, 0.6) is 5.75 Å². The van der Waals surface area contributed by atoms with Crippen LogP contribution in [0.1, 0.15) is 17.2 Å². The van der Waals surface area contributed by atoms with Crippen molar-refractivity contribution in [3.05, 3.63) is 35.4 Å². The van der Waals surface area contributed by atoms with Gasteiger partial charge in [0.1, 0.15) is 18.2 Å². The van der Waals surface area contributed by atoms with Crippen LogP contribution < -0.4 is 10.5 Å². The number of nitrogens with two attached hydrogens (primary N) is 1. The number of aryl methyl sites for hydroxylation is 2. The number of nitrogens with zero attached hydrogens (tertiary/aromatic N) is 3. The second-order valence-electron chi connectivity index (χ2n) is 4.03. The monoisotopic (exact) mass is 232 g/mol. The van der Waals surface area contributed by atoms with Gasteiger partial charge in [-0.05, 0) is 37.6 Å². The number of hydrogen-bond donors (Lipinski definition) is 1. The molecule has 1 aromatic heterocycles. The number of benzene rings is 1. The van der Waals surface area contributed by atoms with Gasteiger partial charge in [0, 0.05) is 12.7 Å². The predicted octanol–water partition coefficient (Wildman–Crippen LogP) is 1.59. The molecule has 5 nitrogen and oxygen atoms in total. The number of anilines is 1. The topological polar surface area (TPSA) is 66.0 Å². The number of rotatable bonds is 3. The molecule has 0 aliphatic rings. The fourth-order valence-corrected chi connectivity index (χ4v) is 1.46. The first-order valence-electron chi connectivity index (χ1n) is 5.41. The van der Waals surface area contributed by atoms with Crippen molar-refractivity contribution >= 4 is 5.69 Å². The smallest absolute Gasteiger partial charge is 0.170 e. The zero-order valence-electron chi connectivity index (χ0n) is 10.3. The SMILES string of the molecule is Cc1cc(OCc2nnc(C)n2C)ccc1N. The van der Waals surface area contributed by atoms with Gasteiger partial charge in [-0.1, -0.05) is 0 Å². The minimum atomic E-state index is 0.403. The van der Waals surface area contributed by atoms with Crippen molar-refractivity contribution in [1.82, 2.24) is 14.8 Å². The van der Waals surface area contributed by atoms with Gasteiger partial charge in [0.15, 0.2) is 5.82 Å². The Labute approximate surface area is 100 Å². The molecule has 0 amide bonds. The van der Waals surface area contributed by atoms with Gasteiger partial charge in [-0.15, -0.1) is 10.2 Å². The van der Waals surface area contributed by atoms with Crippen LogP contribution in [0.2, 0.25) is 0 Å². The van der Waals surface area contributed by atoms with Gasteiger partial charge in [0.05, 0.1) is 0 Å². The molecule has 2 rings (SSSR count). The summed E-state index contributed by atoms with van der Waals surface area (Å²) in [5.41, 5.74) is 7.52. The van der Waals surface area contributed by atoms with Gasteiger partial charge < -0.3 is 15.0 Å². The van der Waals surface area contributed by atoms with Crippen LogP contribution >= 0.6 is 0 Å². The summed E-state index contributed by atoms with van der Waals surface area (Å²) < 4.78 is 7.55. The minimum Gasteiger partial charge on any atom is -0.486 e. The van der Waals surface area contributed by atoms with E-state index >= 15 is 0 Å². The van der Waals surface area contributed by atoms with Crippen molar-refractivity contribution in [2.45, 2.75) is 20.5 Å². The quantitative estimate of drug-likeness (QED) is 0.816. The highest BCUT2D eigenvalue weighted by molar-refractivity contribution is 5.49. The molecule has 0 unspecified atom stereocenters. The lowest BCUT2D eigenvalue weighted by Gasteiger charge is -2.07. The molecule has 0 bridgehead atoms. The van der Waals surface area contributed by atoms with Crippen molar-refractivity contribution in [2.75, 3.05) is 5.73 Å². The Kier molecular flexibility index (Phi) is 2.99. The Morgan fingerprint density at radius 1 is 1.29 bits per heavy atom. The van der Waals surface area contributed by atoms with E-state index in [1.807, 2.05) is 43.7 Å². The van der Waals surface area contributed by atoms with E-state index in [-0.39, 0.29) is 0 Å². The van der Waals surface area contributed by atoms with Crippen LogP contribution in [-0.4, -0.2) is 14.8 Å². The van der Waals surface area contributed by atoms with E-state index in [0.29, 0.717) is 6.61 Å². The van der Waals surface area contributed by atoms with Gasteiger partial charge in [-0.2, -0.15) is 0 Å². The molecule has 90 valence electrons. The second-order valence-corrected chi connectivity index (χ2v) is 4.03. The molecule has 0 aliphatic heterocycles. The molecule has 0 atom stereocenters. The molecule has 5 heteroatoms. The van der Waals surface area contributed by atoms with Crippen molar-refractivity contribution in [2.24, 2.45) is 7.05 Å². The summed E-state index contributed by atoms with van der Waals surface area (Å²) >= 11 is 0. The Morgan fingerprint density at radius 3 is 2.65 bits per heavy atom. The Morgan fingerprint density at radius 2 is 2.06 bits per heavy atom. The number of nitrogen functional groups attached to an aromatic ring is 1. The normalized spacial score (nSPS) is 10.5. The molecule has 2 aromatic rings. The first kappa shape index (κ1) is 11.4. The first-order valence-corrected chi connectivity index (χ1v) is 5.41. The van der Waals surface area contributed by atoms with Gasteiger partial charge in [-0.3, -0.25) is 0 Å². The van der Waals surface area contributed by atoms with Crippen LogP contribution in [0.3, 0.4) is 0 Å². The average molecular weight is 232 g/mol. The van der Waals surface area contributed by atoms with Crippen molar-refractivity contribution < 1.29 is 4.74 Å². The highest BCUT2D eigenvalue weighted by atomic mass is 16.5. The molecule has 17 heavy (non-hydrogen) atoms.